The van der Waals surface area contributed by atoms with Crippen LogP contribution in [0.2, 0.25) is 0 Å². The lowest BCUT2D eigenvalue weighted by molar-refractivity contribution is -0.154. The Labute approximate surface area is 213 Å². The Morgan fingerprint density at radius 2 is 2.00 bits per heavy atom. The molecular weight excluding hydrogens is 490 g/mol. The van der Waals surface area contributed by atoms with E-state index in [1.807, 2.05) is 13.2 Å². The van der Waals surface area contributed by atoms with Gasteiger partial charge in [0.05, 0.1) is 6.20 Å². The minimum absolute atomic E-state index is 0.0244. The van der Waals surface area contributed by atoms with Crippen molar-refractivity contribution in [3.63, 3.8) is 0 Å². The van der Waals surface area contributed by atoms with Crippen LogP contribution < -0.4 is 10.1 Å². The molecule has 0 atom stereocenters. The van der Waals surface area contributed by atoms with Crippen LogP contribution in [0.1, 0.15) is 48.9 Å². The number of aryl methyl sites for hydroxylation is 1. The monoisotopic (exact) mass is 523 g/mol. The van der Waals surface area contributed by atoms with E-state index in [0.717, 1.165) is 23.4 Å². The van der Waals surface area contributed by atoms with Gasteiger partial charge in [-0.3, -0.25) is 9.48 Å². The highest BCUT2D eigenvalue weighted by Crippen LogP contribution is 2.35. The normalized spacial score (nSPS) is 23.0. The van der Waals surface area contributed by atoms with Crippen LogP contribution in [0.3, 0.4) is 0 Å². The standard InChI is InChI=1S/C26H33F4N5O2/c1-34-17-19(16-31-34)2-4-23(36)32-21-6-10-25(27,11-7-21)12-15-35-13-8-20-3-5-24(33-22(20)9-14-35)37-18-26(28,29)30/h2-5,16-17,21H,6-15,18H2,1H3,(H,32,36)/b4-2+. The van der Waals surface area contributed by atoms with E-state index in [0.29, 0.717) is 58.0 Å². The first kappa shape index (κ1) is 27.1. The molecule has 0 aromatic carbocycles. The molecule has 1 N–H and O–H groups in total. The van der Waals surface area contributed by atoms with Crippen molar-refractivity contribution in [2.75, 3.05) is 26.2 Å². The number of amides is 1. The zero-order chi connectivity index (χ0) is 26.5. The molecule has 0 bridgehead atoms. The molecule has 1 fully saturated rings. The highest BCUT2D eigenvalue weighted by Gasteiger charge is 2.36. The molecule has 1 saturated carbocycles. The lowest BCUT2D eigenvalue weighted by Gasteiger charge is -2.35. The number of fused-ring (bicyclic) bond motifs is 1. The summed E-state index contributed by atoms with van der Waals surface area (Å²) in [6.07, 6.45) is 5.96. The Hall–Kier alpha value is -2.95. The smallest absolute Gasteiger partial charge is 0.422 e. The second-order valence-electron chi connectivity index (χ2n) is 9.97. The summed E-state index contributed by atoms with van der Waals surface area (Å²) < 4.78 is 59.2. The molecule has 1 amide bonds. The molecule has 1 aliphatic carbocycles. The molecule has 202 valence electrons. The Kier molecular flexibility index (Phi) is 8.51. The fourth-order valence-electron chi connectivity index (χ4n) is 4.90. The van der Waals surface area contributed by atoms with Gasteiger partial charge in [-0.2, -0.15) is 18.3 Å². The van der Waals surface area contributed by atoms with E-state index in [4.69, 9.17) is 4.74 Å². The molecule has 7 nitrogen and oxygen atoms in total. The molecule has 0 unspecified atom stereocenters. The maximum atomic E-state index is 15.5. The number of hydrogen-bond donors (Lipinski definition) is 1. The first-order valence-corrected chi connectivity index (χ1v) is 12.6. The van der Waals surface area contributed by atoms with Gasteiger partial charge < -0.3 is 15.0 Å². The Balaban J connectivity index is 1.19. The largest absolute Gasteiger partial charge is 0.468 e. The van der Waals surface area contributed by atoms with Gasteiger partial charge in [0.15, 0.2) is 6.61 Å². The molecule has 11 heteroatoms. The van der Waals surface area contributed by atoms with Gasteiger partial charge in [-0.15, -0.1) is 0 Å². The molecule has 1 aliphatic heterocycles. The number of aromatic nitrogens is 3. The molecule has 2 aromatic rings. The highest BCUT2D eigenvalue weighted by atomic mass is 19.4. The zero-order valence-electron chi connectivity index (χ0n) is 20.9. The summed E-state index contributed by atoms with van der Waals surface area (Å²) in [5.74, 6) is -0.214. The number of hydrogen-bond acceptors (Lipinski definition) is 5. The maximum absolute atomic E-state index is 15.5. The van der Waals surface area contributed by atoms with Gasteiger partial charge in [-0.25, -0.2) is 9.37 Å². The minimum atomic E-state index is -4.41. The summed E-state index contributed by atoms with van der Waals surface area (Å²) in [7, 11) is 1.81. The van der Waals surface area contributed by atoms with Crippen LogP contribution in [0.15, 0.2) is 30.6 Å². The molecule has 4 rings (SSSR count). The van der Waals surface area contributed by atoms with E-state index in [1.165, 1.54) is 12.1 Å². The average Bonchev–Trinajstić information content (AvgIpc) is 3.16. The Bertz CT molecular complexity index is 1090. The number of nitrogens with one attached hydrogen (secondary N) is 1. The Morgan fingerprint density at radius 3 is 2.70 bits per heavy atom. The molecule has 2 aliphatic rings. The number of nitrogens with zero attached hydrogens (tertiary/aromatic N) is 4. The number of carbonyl (C=O) groups is 1. The number of pyridine rings is 1. The fraction of sp³-hybridized carbons (Fsp3) is 0.577. The van der Waals surface area contributed by atoms with Gasteiger partial charge in [-0.1, -0.05) is 6.07 Å². The second kappa shape index (κ2) is 11.6. The molecule has 0 saturated heterocycles. The predicted molar refractivity (Wildman–Crippen MR) is 131 cm³/mol. The summed E-state index contributed by atoms with van der Waals surface area (Å²) in [6.45, 7) is 0.652. The quantitative estimate of drug-likeness (QED) is 0.418. The van der Waals surface area contributed by atoms with Crippen LogP contribution in [-0.4, -0.2) is 69.7 Å². The van der Waals surface area contributed by atoms with E-state index in [9.17, 15) is 18.0 Å². The van der Waals surface area contributed by atoms with Crippen molar-refractivity contribution in [3.05, 3.63) is 47.4 Å². The lowest BCUT2D eigenvalue weighted by Crippen LogP contribution is -2.42. The highest BCUT2D eigenvalue weighted by molar-refractivity contribution is 5.91. The van der Waals surface area contributed by atoms with Crippen LogP contribution in [-0.2, 0) is 24.7 Å². The summed E-state index contributed by atoms with van der Waals surface area (Å²) in [6, 6.07) is 3.21. The van der Waals surface area contributed by atoms with Crippen molar-refractivity contribution in [1.82, 2.24) is 25.0 Å². The van der Waals surface area contributed by atoms with E-state index in [2.05, 4.69) is 20.3 Å². The van der Waals surface area contributed by atoms with Crippen molar-refractivity contribution in [3.8, 4) is 5.88 Å². The van der Waals surface area contributed by atoms with Crippen molar-refractivity contribution in [2.24, 2.45) is 7.05 Å². The second-order valence-corrected chi connectivity index (χ2v) is 9.97. The van der Waals surface area contributed by atoms with E-state index in [-0.39, 0.29) is 17.8 Å². The summed E-state index contributed by atoms with van der Waals surface area (Å²) in [5, 5.41) is 7.03. The van der Waals surface area contributed by atoms with Crippen LogP contribution in [0.4, 0.5) is 17.6 Å². The topological polar surface area (TPSA) is 72.3 Å². The van der Waals surface area contributed by atoms with Gasteiger partial charge in [-0.05, 0) is 50.2 Å². The third kappa shape index (κ3) is 8.28. The fourth-order valence-corrected chi connectivity index (χ4v) is 4.90. The molecule has 0 spiro atoms. The summed E-state index contributed by atoms with van der Waals surface area (Å²) in [5.41, 5.74) is 1.31. The third-order valence-corrected chi connectivity index (χ3v) is 7.04. The number of alkyl halides is 4. The first-order chi connectivity index (χ1) is 17.6. The third-order valence-electron chi connectivity index (χ3n) is 7.04. The first-order valence-electron chi connectivity index (χ1n) is 12.6. The molecule has 0 radical (unpaired) electrons. The SMILES string of the molecule is Cn1cc(/C=C/C(=O)NC2CCC(F)(CCN3CCc4ccc(OCC(F)(F)F)nc4CC3)CC2)cn1. The van der Waals surface area contributed by atoms with Crippen molar-refractivity contribution < 1.29 is 27.1 Å². The average molecular weight is 524 g/mol. The van der Waals surface area contributed by atoms with Crippen LogP contribution in [0.25, 0.3) is 6.08 Å². The van der Waals surface area contributed by atoms with Crippen molar-refractivity contribution >= 4 is 12.0 Å². The lowest BCUT2D eigenvalue weighted by atomic mass is 9.81. The molecule has 2 aromatic heterocycles. The number of rotatable bonds is 8. The predicted octanol–water partition coefficient (Wildman–Crippen LogP) is 4.03. The van der Waals surface area contributed by atoms with Gasteiger partial charge in [0.25, 0.3) is 0 Å². The van der Waals surface area contributed by atoms with Gasteiger partial charge in [0.2, 0.25) is 11.8 Å². The van der Waals surface area contributed by atoms with E-state index >= 15 is 4.39 Å². The zero-order valence-corrected chi connectivity index (χ0v) is 20.9. The molecule has 37 heavy (non-hydrogen) atoms. The van der Waals surface area contributed by atoms with Crippen molar-refractivity contribution in [2.45, 2.75) is 62.8 Å². The van der Waals surface area contributed by atoms with Gasteiger partial charge in [0, 0.05) is 68.7 Å². The number of carbonyl (C=O) groups excluding carboxylic acids is 1. The summed E-state index contributed by atoms with van der Waals surface area (Å²) in [4.78, 5) is 18.7. The van der Waals surface area contributed by atoms with Crippen molar-refractivity contribution in [1.29, 1.82) is 0 Å². The van der Waals surface area contributed by atoms with Gasteiger partial charge >= 0.3 is 6.18 Å². The van der Waals surface area contributed by atoms with Crippen LogP contribution in [0, 0.1) is 0 Å². The molecule has 3 heterocycles. The van der Waals surface area contributed by atoms with E-state index < -0.39 is 18.5 Å². The minimum Gasteiger partial charge on any atom is -0.468 e. The van der Waals surface area contributed by atoms with Gasteiger partial charge in [0.1, 0.15) is 5.67 Å². The van der Waals surface area contributed by atoms with E-state index in [1.54, 1.807) is 23.0 Å². The van der Waals surface area contributed by atoms with Crippen LogP contribution in [0.5, 0.6) is 5.88 Å². The Morgan fingerprint density at radius 1 is 1.24 bits per heavy atom. The summed E-state index contributed by atoms with van der Waals surface area (Å²) >= 11 is 0. The molecular formula is C26H33F4N5O2. The number of halogens is 4. The number of ether oxygens (including phenoxy) is 1. The van der Waals surface area contributed by atoms with Crippen LogP contribution >= 0.6 is 0 Å². The maximum Gasteiger partial charge on any atom is 0.422 e.